The molecule has 6 heteroatoms. The van der Waals surface area contributed by atoms with Crippen LogP contribution in [0.5, 0.6) is 0 Å². The molecule has 116 valence electrons. The van der Waals surface area contributed by atoms with Gasteiger partial charge in [-0.15, -0.1) is 0 Å². The highest BCUT2D eigenvalue weighted by atomic mass is 32.2. The van der Waals surface area contributed by atoms with Gasteiger partial charge in [0.05, 0.1) is 12.3 Å². The predicted octanol–water partition coefficient (Wildman–Crippen LogP) is 3.13. The Balaban J connectivity index is 1.73. The first-order valence-electron chi connectivity index (χ1n) is 7.06. The number of hydrogen-bond acceptors (Lipinski definition) is 4. The van der Waals surface area contributed by atoms with Crippen LogP contribution in [0.15, 0.2) is 54.6 Å². The van der Waals surface area contributed by atoms with Gasteiger partial charge in [-0.2, -0.15) is 0 Å². The van der Waals surface area contributed by atoms with Crippen LogP contribution in [0.25, 0.3) is 0 Å². The molecule has 0 atom stereocenters. The second-order valence-corrected chi connectivity index (χ2v) is 5.98. The van der Waals surface area contributed by atoms with Crippen LogP contribution in [0.2, 0.25) is 0 Å². The van der Waals surface area contributed by atoms with Gasteiger partial charge >= 0.3 is 0 Å². The molecule has 0 unspecified atom stereocenters. The Kier molecular flexibility index (Phi) is 4.43. The average molecular weight is 326 g/mol. The summed E-state index contributed by atoms with van der Waals surface area (Å²) in [5, 5.41) is 2.56. The maximum atomic E-state index is 12.3. The Morgan fingerprint density at radius 3 is 2.57 bits per heavy atom. The molecule has 0 aromatic heterocycles. The van der Waals surface area contributed by atoms with Crippen LogP contribution in [-0.4, -0.2) is 27.7 Å². The quantitative estimate of drug-likeness (QED) is 0.937. The zero-order valence-corrected chi connectivity index (χ0v) is 13.0. The number of thioether (sulfide) groups is 1. The number of carbonyl (C=O) groups is 3. The molecular weight excluding hydrogens is 312 g/mol. The minimum atomic E-state index is -0.242. The van der Waals surface area contributed by atoms with Gasteiger partial charge in [0.15, 0.2) is 0 Å². The number of para-hydroxylation sites is 1. The maximum absolute atomic E-state index is 12.3. The summed E-state index contributed by atoms with van der Waals surface area (Å²) in [6.45, 7) is 0.192. The van der Waals surface area contributed by atoms with Crippen LogP contribution in [0.1, 0.15) is 15.9 Å². The minimum Gasteiger partial charge on any atom is -0.322 e. The zero-order valence-electron chi connectivity index (χ0n) is 12.2. The van der Waals surface area contributed by atoms with E-state index in [1.54, 1.807) is 36.4 Å². The van der Waals surface area contributed by atoms with Crippen molar-refractivity contribution in [1.29, 1.82) is 0 Å². The van der Waals surface area contributed by atoms with E-state index in [1.807, 2.05) is 18.2 Å². The van der Waals surface area contributed by atoms with Crippen LogP contribution in [0.4, 0.5) is 10.5 Å². The molecule has 0 spiro atoms. The fourth-order valence-corrected chi connectivity index (χ4v) is 2.98. The Labute approximate surface area is 137 Å². The van der Waals surface area contributed by atoms with Crippen LogP contribution in [0.3, 0.4) is 0 Å². The van der Waals surface area contributed by atoms with Crippen molar-refractivity contribution in [3.8, 4) is 0 Å². The predicted molar refractivity (Wildman–Crippen MR) is 89.2 cm³/mol. The zero-order chi connectivity index (χ0) is 16.2. The summed E-state index contributed by atoms with van der Waals surface area (Å²) in [6.07, 6.45) is 0. The summed E-state index contributed by atoms with van der Waals surface area (Å²) in [6, 6.07) is 16.1. The first-order chi connectivity index (χ1) is 11.1. The summed E-state index contributed by atoms with van der Waals surface area (Å²) in [5.41, 5.74) is 1.94. The highest BCUT2D eigenvalue weighted by molar-refractivity contribution is 8.14. The Morgan fingerprint density at radius 1 is 1.09 bits per heavy atom. The number of nitrogens with one attached hydrogen (secondary N) is 1. The van der Waals surface area contributed by atoms with Crippen LogP contribution in [-0.2, 0) is 11.3 Å². The summed E-state index contributed by atoms with van der Waals surface area (Å²) < 4.78 is 0. The van der Waals surface area contributed by atoms with Gasteiger partial charge in [0.2, 0.25) is 5.91 Å². The number of imide groups is 1. The number of carbonyl (C=O) groups excluding carboxylic acids is 3. The molecule has 0 saturated carbocycles. The first kappa shape index (κ1) is 15.3. The number of nitrogens with zero attached hydrogens (tertiary/aromatic N) is 1. The molecule has 1 N–H and O–H groups in total. The van der Waals surface area contributed by atoms with Crippen LogP contribution < -0.4 is 5.32 Å². The van der Waals surface area contributed by atoms with E-state index in [2.05, 4.69) is 5.32 Å². The molecule has 0 bridgehead atoms. The fraction of sp³-hybridized carbons (Fsp3) is 0.118. The molecule has 1 aliphatic rings. The second kappa shape index (κ2) is 6.66. The van der Waals surface area contributed by atoms with E-state index < -0.39 is 0 Å². The number of benzene rings is 2. The van der Waals surface area contributed by atoms with Gasteiger partial charge in [0, 0.05) is 11.3 Å². The molecule has 0 radical (unpaired) electrons. The first-order valence-corrected chi connectivity index (χ1v) is 8.04. The van der Waals surface area contributed by atoms with Crippen molar-refractivity contribution < 1.29 is 14.4 Å². The molecular formula is C17H14N2O3S. The van der Waals surface area contributed by atoms with Gasteiger partial charge in [-0.25, -0.2) is 0 Å². The number of rotatable bonds is 4. The van der Waals surface area contributed by atoms with E-state index in [0.717, 1.165) is 17.3 Å². The lowest BCUT2D eigenvalue weighted by Crippen LogP contribution is -2.28. The second-order valence-electron chi connectivity index (χ2n) is 5.05. The van der Waals surface area contributed by atoms with Crippen molar-refractivity contribution in [2.75, 3.05) is 11.1 Å². The van der Waals surface area contributed by atoms with E-state index >= 15 is 0 Å². The molecule has 1 heterocycles. The summed E-state index contributed by atoms with van der Waals surface area (Å²) >= 11 is 1.00. The van der Waals surface area contributed by atoms with E-state index in [-0.39, 0.29) is 29.4 Å². The number of amides is 3. The third-order valence-corrected chi connectivity index (χ3v) is 4.26. The van der Waals surface area contributed by atoms with Crippen LogP contribution in [0, 0.1) is 0 Å². The minimum absolute atomic E-state index is 0.188. The molecule has 1 aliphatic heterocycles. The molecule has 2 aromatic rings. The highest BCUT2D eigenvalue weighted by Crippen LogP contribution is 2.21. The smallest absolute Gasteiger partial charge is 0.289 e. The summed E-state index contributed by atoms with van der Waals surface area (Å²) in [4.78, 5) is 36.8. The normalized spacial score (nSPS) is 14.2. The van der Waals surface area contributed by atoms with E-state index in [4.69, 9.17) is 0 Å². The SMILES string of the molecule is O=C(Nc1ccccc1)c1cccc(CN2C(=O)CSC2=O)c1. The van der Waals surface area contributed by atoms with E-state index in [0.29, 0.717) is 11.3 Å². The van der Waals surface area contributed by atoms with E-state index in [1.165, 1.54) is 4.90 Å². The van der Waals surface area contributed by atoms with Crippen molar-refractivity contribution in [1.82, 2.24) is 4.90 Å². The maximum Gasteiger partial charge on any atom is 0.289 e. The molecule has 3 rings (SSSR count). The van der Waals surface area contributed by atoms with Gasteiger partial charge in [0.1, 0.15) is 0 Å². The van der Waals surface area contributed by atoms with Gasteiger partial charge in [-0.05, 0) is 29.8 Å². The topological polar surface area (TPSA) is 66.5 Å². The van der Waals surface area contributed by atoms with Gasteiger partial charge in [-0.1, -0.05) is 42.1 Å². The number of anilines is 1. The molecule has 2 aromatic carbocycles. The monoisotopic (exact) mass is 326 g/mol. The van der Waals surface area contributed by atoms with Gasteiger partial charge in [-0.3, -0.25) is 19.3 Å². The van der Waals surface area contributed by atoms with Crippen molar-refractivity contribution >= 4 is 34.5 Å². The van der Waals surface area contributed by atoms with Crippen molar-refractivity contribution in [3.05, 3.63) is 65.7 Å². The van der Waals surface area contributed by atoms with Crippen molar-refractivity contribution in [2.45, 2.75) is 6.54 Å². The Bertz CT molecular complexity index is 745. The molecule has 23 heavy (non-hydrogen) atoms. The molecule has 5 nitrogen and oxygen atoms in total. The molecule has 3 amide bonds. The van der Waals surface area contributed by atoms with Crippen LogP contribution >= 0.6 is 11.8 Å². The lowest BCUT2D eigenvalue weighted by molar-refractivity contribution is -0.125. The number of hydrogen-bond donors (Lipinski definition) is 1. The van der Waals surface area contributed by atoms with Crippen molar-refractivity contribution in [3.63, 3.8) is 0 Å². The molecule has 1 fully saturated rings. The highest BCUT2D eigenvalue weighted by Gasteiger charge is 2.29. The summed E-state index contributed by atoms with van der Waals surface area (Å²) in [7, 11) is 0. The third-order valence-electron chi connectivity index (χ3n) is 3.40. The third kappa shape index (κ3) is 3.60. The summed E-state index contributed by atoms with van der Waals surface area (Å²) in [5.74, 6) is -0.238. The Hall–Kier alpha value is -2.60. The lowest BCUT2D eigenvalue weighted by atomic mass is 10.1. The van der Waals surface area contributed by atoms with E-state index in [9.17, 15) is 14.4 Å². The molecule has 0 aliphatic carbocycles. The standard InChI is InChI=1S/C17H14N2O3S/c20-15-11-23-17(22)19(15)10-12-5-4-6-13(9-12)16(21)18-14-7-2-1-3-8-14/h1-9H,10-11H2,(H,18,21). The van der Waals surface area contributed by atoms with Crippen molar-refractivity contribution in [2.24, 2.45) is 0 Å². The molecule has 1 saturated heterocycles. The fourth-order valence-electron chi connectivity index (χ4n) is 2.25. The Morgan fingerprint density at radius 2 is 1.87 bits per heavy atom. The van der Waals surface area contributed by atoms with Gasteiger partial charge < -0.3 is 5.32 Å². The lowest BCUT2D eigenvalue weighted by Gasteiger charge is -2.13. The average Bonchev–Trinajstić information content (AvgIpc) is 2.88. The largest absolute Gasteiger partial charge is 0.322 e. The van der Waals surface area contributed by atoms with Gasteiger partial charge in [0.25, 0.3) is 11.1 Å².